The predicted molar refractivity (Wildman–Crippen MR) is 133 cm³/mol. The van der Waals surface area contributed by atoms with Crippen molar-refractivity contribution in [1.82, 2.24) is 19.6 Å². The van der Waals surface area contributed by atoms with Gasteiger partial charge < -0.3 is 24.9 Å². The average Bonchev–Trinajstić information content (AvgIpc) is 3.28. The molecule has 0 radical (unpaired) electrons. The summed E-state index contributed by atoms with van der Waals surface area (Å²) in [5.74, 6) is 0.363. The minimum absolute atomic E-state index is 0.0126. The number of aliphatic hydroxyl groups is 2. The van der Waals surface area contributed by atoms with Gasteiger partial charge in [0.15, 0.2) is 0 Å². The number of nitrogens with zero attached hydrogens (tertiary/aromatic N) is 4. The summed E-state index contributed by atoms with van der Waals surface area (Å²) in [6, 6.07) is 10.7. The second-order valence-corrected chi connectivity index (χ2v) is 11.5. The Labute approximate surface area is 208 Å². The molecule has 1 spiro atoms. The monoisotopic (exact) mass is 484 g/mol. The van der Waals surface area contributed by atoms with E-state index in [-0.39, 0.29) is 42.7 Å². The van der Waals surface area contributed by atoms with Crippen LogP contribution in [0.1, 0.15) is 50.5 Å². The minimum atomic E-state index is -0.912. The van der Waals surface area contributed by atoms with Crippen molar-refractivity contribution in [3.63, 3.8) is 0 Å². The zero-order chi connectivity index (χ0) is 24.8. The fraction of sp³-hybridized carbons (Fsp3) is 0.704. The molecule has 1 aromatic rings. The van der Waals surface area contributed by atoms with Gasteiger partial charge in [-0.3, -0.25) is 9.69 Å². The Morgan fingerprint density at radius 3 is 2.20 bits per heavy atom. The number of carbonyl (C=O) groups excluding carboxylic acids is 2. The normalized spacial score (nSPS) is 33.7. The zero-order valence-electron chi connectivity index (χ0n) is 21.1. The standard InChI is InChI=1S/C27H40N4O4/c1-28(2)27(21-9-4-3-5-10-21)13-11-26(12-14-27)19-30(25(35)31(26)15-20-7-6-8-20)18-24(34)29-16-22(32)23(33)17-29/h3-5,9-10,20,22-23,32-33H,6-8,11-19H2,1-2H3/t22-,23-,26?,27?/m0/s1. The summed E-state index contributed by atoms with van der Waals surface area (Å²) in [5.41, 5.74) is 1.03. The van der Waals surface area contributed by atoms with Crippen LogP contribution in [0.15, 0.2) is 30.3 Å². The maximum Gasteiger partial charge on any atom is 0.321 e. The molecule has 4 fully saturated rings. The Balaban J connectivity index is 1.35. The van der Waals surface area contributed by atoms with Crippen LogP contribution in [-0.2, 0) is 10.3 Å². The average molecular weight is 485 g/mol. The molecule has 0 bridgehead atoms. The molecule has 2 N–H and O–H groups in total. The summed E-state index contributed by atoms with van der Waals surface area (Å²) in [4.78, 5) is 34.3. The summed E-state index contributed by atoms with van der Waals surface area (Å²) in [7, 11) is 4.31. The van der Waals surface area contributed by atoms with Crippen molar-refractivity contribution in [3.8, 4) is 0 Å². The summed E-state index contributed by atoms with van der Waals surface area (Å²) in [6.07, 6.45) is 5.50. The summed E-state index contributed by atoms with van der Waals surface area (Å²) < 4.78 is 0. The maximum atomic E-state index is 13.7. The number of aliphatic hydroxyl groups excluding tert-OH is 2. The summed E-state index contributed by atoms with van der Waals surface area (Å²) in [6.45, 7) is 1.62. The van der Waals surface area contributed by atoms with Crippen molar-refractivity contribution in [2.75, 3.05) is 46.8 Å². The largest absolute Gasteiger partial charge is 0.388 e. The van der Waals surface area contributed by atoms with Crippen LogP contribution >= 0.6 is 0 Å². The van der Waals surface area contributed by atoms with E-state index in [1.165, 1.54) is 29.7 Å². The van der Waals surface area contributed by atoms with Crippen molar-refractivity contribution < 1.29 is 19.8 Å². The molecule has 2 saturated heterocycles. The first-order valence-electron chi connectivity index (χ1n) is 13.2. The molecule has 8 heteroatoms. The van der Waals surface area contributed by atoms with Crippen molar-refractivity contribution in [1.29, 1.82) is 0 Å². The van der Waals surface area contributed by atoms with Crippen LogP contribution in [0.3, 0.4) is 0 Å². The number of rotatable bonds is 6. The van der Waals surface area contributed by atoms with Gasteiger partial charge in [0, 0.05) is 31.7 Å². The zero-order valence-corrected chi connectivity index (χ0v) is 21.1. The van der Waals surface area contributed by atoms with E-state index in [1.807, 2.05) is 0 Å². The summed E-state index contributed by atoms with van der Waals surface area (Å²) >= 11 is 0. The maximum absolute atomic E-state index is 13.7. The van der Waals surface area contributed by atoms with E-state index in [1.54, 1.807) is 4.90 Å². The highest BCUT2D eigenvalue weighted by atomic mass is 16.3. The topological polar surface area (TPSA) is 87.6 Å². The molecule has 35 heavy (non-hydrogen) atoms. The second kappa shape index (κ2) is 9.37. The third-order valence-corrected chi connectivity index (χ3v) is 9.34. The number of urea groups is 1. The van der Waals surface area contributed by atoms with Gasteiger partial charge in [-0.25, -0.2) is 4.79 Å². The van der Waals surface area contributed by atoms with Crippen LogP contribution in [0.2, 0.25) is 0 Å². The van der Waals surface area contributed by atoms with Crippen molar-refractivity contribution in [2.24, 2.45) is 5.92 Å². The van der Waals surface area contributed by atoms with Crippen LogP contribution in [0.4, 0.5) is 4.79 Å². The first-order valence-corrected chi connectivity index (χ1v) is 13.2. The van der Waals surface area contributed by atoms with Crippen molar-refractivity contribution in [3.05, 3.63) is 35.9 Å². The van der Waals surface area contributed by atoms with Crippen LogP contribution < -0.4 is 0 Å². The van der Waals surface area contributed by atoms with Crippen LogP contribution in [-0.4, -0.2) is 106 Å². The lowest BCUT2D eigenvalue weighted by molar-refractivity contribution is -0.131. The van der Waals surface area contributed by atoms with E-state index in [9.17, 15) is 19.8 Å². The highest BCUT2D eigenvalue weighted by Crippen LogP contribution is 2.49. The third kappa shape index (κ3) is 4.34. The fourth-order valence-corrected chi connectivity index (χ4v) is 6.75. The molecule has 192 valence electrons. The van der Waals surface area contributed by atoms with E-state index >= 15 is 0 Å². The van der Waals surface area contributed by atoms with E-state index in [4.69, 9.17) is 0 Å². The first-order chi connectivity index (χ1) is 16.7. The minimum Gasteiger partial charge on any atom is -0.388 e. The van der Waals surface area contributed by atoms with Crippen LogP contribution in [0.5, 0.6) is 0 Å². The lowest BCUT2D eigenvalue weighted by Gasteiger charge is -2.51. The molecule has 3 amide bonds. The molecule has 2 atom stereocenters. The molecule has 2 aliphatic heterocycles. The van der Waals surface area contributed by atoms with E-state index in [2.05, 4.69) is 54.2 Å². The molecular weight excluding hydrogens is 444 g/mol. The molecule has 1 aromatic carbocycles. The SMILES string of the molecule is CN(C)C1(c2ccccc2)CCC2(CC1)CN(CC(=O)N1C[C@H](O)[C@@H](O)C1)C(=O)N2CC1CCC1. The van der Waals surface area contributed by atoms with E-state index in [0.717, 1.165) is 32.2 Å². The van der Waals surface area contributed by atoms with Gasteiger partial charge in [-0.1, -0.05) is 36.8 Å². The molecule has 2 saturated carbocycles. The smallest absolute Gasteiger partial charge is 0.321 e. The summed E-state index contributed by atoms with van der Waals surface area (Å²) in [5, 5.41) is 19.7. The quantitative estimate of drug-likeness (QED) is 0.644. The highest BCUT2D eigenvalue weighted by Gasteiger charge is 2.55. The van der Waals surface area contributed by atoms with Gasteiger partial charge in [-0.2, -0.15) is 0 Å². The highest BCUT2D eigenvalue weighted by molar-refractivity contribution is 5.86. The fourth-order valence-electron chi connectivity index (χ4n) is 6.75. The Bertz CT molecular complexity index is 916. The van der Waals surface area contributed by atoms with E-state index < -0.39 is 12.2 Å². The molecule has 0 aromatic heterocycles. The lowest BCUT2D eigenvalue weighted by Crippen LogP contribution is -2.56. The van der Waals surface area contributed by atoms with Gasteiger partial charge in [0.2, 0.25) is 5.91 Å². The molecular formula is C27H40N4O4. The number of hydrogen-bond acceptors (Lipinski definition) is 5. The van der Waals surface area contributed by atoms with E-state index in [0.29, 0.717) is 12.5 Å². The van der Waals surface area contributed by atoms with Crippen LogP contribution in [0, 0.1) is 5.92 Å². The van der Waals surface area contributed by atoms with Gasteiger partial charge in [-0.05, 0) is 64.1 Å². The Kier molecular flexibility index (Phi) is 6.57. The number of benzene rings is 1. The number of β-amino-alcohol motifs (C(OH)–C–C–N with tert-alkyl or cyclic N) is 2. The Morgan fingerprint density at radius 2 is 1.66 bits per heavy atom. The van der Waals surface area contributed by atoms with Gasteiger partial charge in [0.25, 0.3) is 0 Å². The first kappa shape index (κ1) is 24.5. The number of likely N-dealkylation sites (tertiary alicyclic amines) is 1. The van der Waals surface area contributed by atoms with Gasteiger partial charge in [-0.15, -0.1) is 0 Å². The number of amides is 3. The van der Waals surface area contributed by atoms with Gasteiger partial charge in [0.05, 0.1) is 17.7 Å². The number of carbonyl (C=O) groups is 2. The molecule has 8 nitrogen and oxygen atoms in total. The molecule has 0 unspecified atom stereocenters. The Morgan fingerprint density at radius 1 is 1.03 bits per heavy atom. The van der Waals surface area contributed by atoms with Gasteiger partial charge >= 0.3 is 6.03 Å². The van der Waals surface area contributed by atoms with Crippen LogP contribution in [0.25, 0.3) is 0 Å². The van der Waals surface area contributed by atoms with Crippen molar-refractivity contribution >= 4 is 11.9 Å². The molecule has 5 rings (SSSR count). The Hall–Kier alpha value is -2.16. The third-order valence-electron chi connectivity index (χ3n) is 9.34. The van der Waals surface area contributed by atoms with Crippen molar-refractivity contribution in [2.45, 2.75) is 68.2 Å². The number of hydrogen-bond donors (Lipinski definition) is 2. The molecule has 2 aliphatic carbocycles. The lowest BCUT2D eigenvalue weighted by atomic mass is 9.68. The van der Waals surface area contributed by atoms with Gasteiger partial charge in [0.1, 0.15) is 6.54 Å². The second-order valence-electron chi connectivity index (χ2n) is 11.5. The molecule has 2 heterocycles. The predicted octanol–water partition coefficient (Wildman–Crippen LogP) is 1.86. The molecule has 4 aliphatic rings.